The average molecular weight is 516 g/mol. The van der Waals surface area contributed by atoms with E-state index in [4.69, 9.17) is 6.57 Å². The molecule has 1 N–H and O–H groups in total. The van der Waals surface area contributed by atoms with Crippen LogP contribution in [0.3, 0.4) is 0 Å². The van der Waals surface area contributed by atoms with Gasteiger partial charge in [-0.3, -0.25) is 14.5 Å². The number of piperazine rings is 1. The summed E-state index contributed by atoms with van der Waals surface area (Å²) in [5.74, 6) is -1.75. The van der Waals surface area contributed by atoms with Gasteiger partial charge in [-0.15, -0.1) is 4.98 Å². The number of hydrogen-bond acceptors (Lipinski definition) is 5. The van der Waals surface area contributed by atoms with Crippen LogP contribution in [0.25, 0.3) is 15.9 Å². The van der Waals surface area contributed by atoms with Gasteiger partial charge in [0, 0.05) is 32.7 Å². The highest BCUT2D eigenvalue weighted by atomic mass is 19.1. The van der Waals surface area contributed by atoms with Gasteiger partial charge in [0.25, 0.3) is 11.4 Å². The highest BCUT2D eigenvalue weighted by molar-refractivity contribution is 5.90. The zero-order valence-electron chi connectivity index (χ0n) is 20.4. The number of rotatable bonds is 5. The van der Waals surface area contributed by atoms with Gasteiger partial charge in [-0.1, -0.05) is 30.8 Å². The number of fused-ring (bicyclic) bond motifs is 1. The van der Waals surface area contributed by atoms with Crippen molar-refractivity contribution in [1.29, 1.82) is 0 Å². The van der Waals surface area contributed by atoms with Crippen molar-refractivity contribution in [2.45, 2.75) is 12.1 Å². The molecule has 2 aromatic carbocycles. The number of anilines is 1. The maximum atomic E-state index is 13.7. The van der Waals surface area contributed by atoms with Gasteiger partial charge >= 0.3 is 5.97 Å². The number of benzene rings is 2. The molecule has 0 saturated carbocycles. The van der Waals surface area contributed by atoms with Crippen molar-refractivity contribution < 1.29 is 18.7 Å². The van der Waals surface area contributed by atoms with Crippen molar-refractivity contribution in [3.05, 3.63) is 111 Å². The molecule has 5 rings (SSSR count). The normalized spacial score (nSPS) is 16.1. The third-order valence-corrected chi connectivity index (χ3v) is 6.92. The molecule has 38 heavy (non-hydrogen) atoms. The number of aromatic nitrogens is 2. The Morgan fingerprint density at radius 2 is 1.63 bits per heavy atom. The minimum absolute atomic E-state index is 0.0282. The molecule has 2 aromatic heterocycles. The predicted octanol–water partition coefficient (Wildman–Crippen LogP) is 4.13. The zero-order valence-corrected chi connectivity index (χ0v) is 20.4. The van der Waals surface area contributed by atoms with Gasteiger partial charge in [0.1, 0.15) is 17.7 Å². The van der Waals surface area contributed by atoms with Crippen LogP contribution in [-0.4, -0.2) is 51.2 Å². The van der Waals surface area contributed by atoms with Crippen LogP contribution >= 0.6 is 0 Å². The third kappa shape index (κ3) is 4.60. The second-order valence-corrected chi connectivity index (χ2v) is 9.12. The van der Waals surface area contributed by atoms with Crippen LogP contribution in [0.1, 0.15) is 17.2 Å². The van der Waals surface area contributed by atoms with Crippen LogP contribution < -0.4 is 10.5 Å². The summed E-state index contributed by atoms with van der Waals surface area (Å²) in [7, 11) is 1.61. The van der Waals surface area contributed by atoms with Crippen molar-refractivity contribution in [3.8, 4) is 0 Å². The monoisotopic (exact) mass is 515 g/mol. The summed E-state index contributed by atoms with van der Waals surface area (Å²) in [5.41, 5.74) is 2.48. The number of aliphatic carboxylic acids is 1. The number of carboxylic acid groups (broad SMARTS) is 1. The number of pyridine rings is 2. The van der Waals surface area contributed by atoms with Crippen molar-refractivity contribution in [2.24, 2.45) is 7.05 Å². The molecule has 8 nitrogen and oxygen atoms in total. The van der Waals surface area contributed by atoms with Crippen molar-refractivity contribution in [2.75, 3.05) is 24.5 Å². The number of aryl methyl sites for hydroxylation is 1. The summed E-state index contributed by atoms with van der Waals surface area (Å²) < 4.78 is 28.9. The molecule has 1 unspecified atom stereocenters. The average Bonchev–Trinajstić information content (AvgIpc) is 2.92. The van der Waals surface area contributed by atoms with E-state index < -0.39 is 29.7 Å². The summed E-state index contributed by atoms with van der Waals surface area (Å²) in [6, 6.07) is 14.6. The fourth-order valence-corrected chi connectivity index (χ4v) is 5.02. The molecular weight excluding hydrogens is 492 g/mol. The lowest BCUT2D eigenvalue weighted by Crippen LogP contribution is -2.57. The van der Waals surface area contributed by atoms with Gasteiger partial charge in [-0.2, -0.15) is 0 Å². The van der Waals surface area contributed by atoms with Gasteiger partial charge in [0.05, 0.1) is 17.2 Å². The molecular formula is C28H23F2N5O3. The van der Waals surface area contributed by atoms with E-state index in [0.717, 1.165) is 0 Å². The lowest BCUT2D eigenvalue weighted by Gasteiger charge is -2.44. The topological polar surface area (TPSA) is 83.0 Å². The molecule has 1 aliphatic heterocycles. The van der Waals surface area contributed by atoms with Crippen LogP contribution in [0.15, 0.2) is 71.5 Å². The molecule has 0 aliphatic carbocycles. The molecule has 4 aromatic rings. The van der Waals surface area contributed by atoms with E-state index >= 15 is 0 Å². The van der Waals surface area contributed by atoms with Crippen LogP contribution in [0.5, 0.6) is 0 Å². The van der Waals surface area contributed by atoms with Crippen molar-refractivity contribution in [3.63, 3.8) is 0 Å². The molecule has 10 heteroatoms. The summed E-state index contributed by atoms with van der Waals surface area (Å²) in [6.07, 6.45) is 0. The molecule has 0 amide bonds. The summed E-state index contributed by atoms with van der Waals surface area (Å²) in [5, 5.41) is 10.3. The van der Waals surface area contributed by atoms with Gasteiger partial charge in [-0.05, 0) is 47.5 Å². The first-order chi connectivity index (χ1) is 18.3. The lowest BCUT2D eigenvalue weighted by atomic mass is 9.94. The molecule has 0 bridgehead atoms. The quantitative estimate of drug-likeness (QED) is 0.403. The maximum Gasteiger partial charge on any atom is 0.322 e. The number of nitrogens with zero attached hydrogens (tertiary/aromatic N) is 5. The smallest absolute Gasteiger partial charge is 0.322 e. The maximum absolute atomic E-state index is 13.7. The van der Waals surface area contributed by atoms with Gasteiger partial charge < -0.3 is 19.4 Å². The van der Waals surface area contributed by atoms with E-state index in [1.165, 1.54) is 41.0 Å². The second-order valence-electron chi connectivity index (χ2n) is 9.12. The molecule has 0 spiro atoms. The predicted molar refractivity (Wildman–Crippen MR) is 138 cm³/mol. The highest BCUT2D eigenvalue weighted by Crippen LogP contribution is 2.35. The molecule has 1 saturated heterocycles. The van der Waals surface area contributed by atoms with Crippen LogP contribution in [0.2, 0.25) is 0 Å². The van der Waals surface area contributed by atoms with E-state index in [2.05, 4.69) is 9.83 Å². The SMILES string of the molecule is [C-]#[N+]c1ccc2c(n1)c(N1CCN(C(c3ccc(F)cc3)c3ccc(F)cc3)C(C(=O)O)C1)cc(=O)n2C. The van der Waals surface area contributed by atoms with Crippen LogP contribution in [0.4, 0.5) is 20.3 Å². The summed E-state index contributed by atoms with van der Waals surface area (Å²) >= 11 is 0. The summed E-state index contributed by atoms with van der Waals surface area (Å²) in [6.45, 7) is 7.99. The van der Waals surface area contributed by atoms with Crippen molar-refractivity contribution >= 4 is 28.5 Å². The molecule has 1 fully saturated rings. The highest BCUT2D eigenvalue weighted by Gasteiger charge is 2.39. The molecule has 0 radical (unpaired) electrons. The lowest BCUT2D eigenvalue weighted by molar-refractivity contribution is -0.144. The minimum atomic E-state index is -1.08. The van der Waals surface area contributed by atoms with Gasteiger partial charge in [0.15, 0.2) is 0 Å². The van der Waals surface area contributed by atoms with E-state index in [-0.39, 0.29) is 24.5 Å². The van der Waals surface area contributed by atoms with E-state index in [9.17, 15) is 23.5 Å². The van der Waals surface area contributed by atoms with Gasteiger partial charge in [-0.25, -0.2) is 8.78 Å². The molecule has 1 aliphatic rings. The Labute approximate surface area is 216 Å². The Bertz CT molecular complexity index is 1570. The fourth-order valence-electron chi connectivity index (χ4n) is 5.02. The standard InChI is InChI=1S/C28H23F2N5O3/c1-31-24-12-11-21-26(32-24)22(15-25(36)33(21)2)34-13-14-35(23(16-34)28(37)38)27(17-3-7-19(29)8-4-17)18-5-9-20(30)10-6-18/h3-12,15,23,27H,13-14,16H2,2H3,(H,37,38). The molecule has 3 heterocycles. The Morgan fingerprint density at radius 1 is 1.03 bits per heavy atom. The molecule has 192 valence electrons. The third-order valence-electron chi connectivity index (χ3n) is 6.92. The Morgan fingerprint density at radius 3 is 2.18 bits per heavy atom. The van der Waals surface area contributed by atoms with E-state index in [0.29, 0.717) is 34.4 Å². The first-order valence-electron chi connectivity index (χ1n) is 11.9. The first-order valence-corrected chi connectivity index (χ1v) is 11.9. The number of hydrogen-bond donors (Lipinski definition) is 1. The minimum Gasteiger partial charge on any atom is -0.480 e. The second kappa shape index (κ2) is 10.0. The summed E-state index contributed by atoms with van der Waals surface area (Å²) in [4.78, 5) is 36.7. The largest absolute Gasteiger partial charge is 0.480 e. The first kappa shape index (κ1) is 25.0. The molecule has 1 atom stereocenters. The van der Waals surface area contributed by atoms with Crippen molar-refractivity contribution in [1.82, 2.24) is 14.5 Å². The number of halogens is 2. The van der Waals surface area contributed by atoms with Gasteiger partial charge in [0.2, 0.25) is 5.52 Å². The Balaban J connectivity index is 1.57. The Kier molecular flexibility index (Phi) is 6.61. The van der Waals surface area contributed by atoms with Crippen LogP contribution in [-0.2, 0) is 11.8 Å². The number of carboxylic acids is 1. The van der Waals surface area contributed by atoms with E-state index in [1.54, 1.807) is 47.2 Å². The zero-order chi connectivity index (χ0) is 27.0. The Hall–Kier alpha value is -4.62. The van der Waals surface area contributed by atoms with Crippen LogP contribution in [0, 0.1) is 18.2 Å². The van der Waals surface area contributed by atoms with E-state index in [1.807, 2.05) is 0 Å². The number of carbonyl (C=O) groups is 1. The fraction of sp³-hybridized carbons (Fsp3) is 0.214.